The summed E-state index contributed by atoms with van der Waals surface area (Å²) < 4.78 is 11.8. The summed E-state index contributed by atoms with van der Waals surface area (Å²) in [5.41, 5.74) is 1.70. The number of aromatic nitrogens is 2. The lowest BCUT2D eigenvalue weighted by Gasteiger charge is -2.11. The monoisotopic (exact) mass is 400 g/mol. The molecule has 0 amide bonds. The normalized spacial score (nSPS) is 10.9. The van der Waals surface area contributed by atoms with Gasteiger partial charge in [-0.25, -0.2) is 4.98 Å². The smallest absolute Gasteiger partial charge is 0.326 e. The molecule has 28 heavy (non-hydrogen) atoms. The number of carbonyl (C=O) groups excluding carboxylic acids is 2. The maximum atomic E-state index is 12.7. The van der Waals surface area contributed by atoms with E-state index in [4.69, 9.17) is 9.47 Å². The van der Waals surface area contributed by atoms with Crippen molar-refractivity contribution in [1.29, 1.82) is 0 Å². The third kappa shape index (κ3) is 3.82. The number of ether oxygens (including phenoxy) is 2. The molecule has 0 saturated carbocycles. The number of nitrogens with zero attached hydrogens (tertiary/aromatic N) is 2. The maximum absolute atomic E-state index is 12.7. The highest BCUT2D eigenvalue weighted by atomic mass is 32.1. The minimum Gasteiger partial charge on any atom is -0.496 e. The highest BCUT2D eigenvalue weighted by Crippen LogP contribution is 2.25. The minimum absolute atomic E-state index is 0.0653. The summed E-state index contributed by atoms with van der Waals surface area (Å²) in [4.78, 5) is 42.4. The maximum Gasteiger partial charge on any atom is 0.326 e. The highest BCUT2D eigenvalue weighted by Gasteiger charge is 2.15. The Hall–Kier alpha value is -3.00. The van der Waals surface area contributed by atoms with Crippen LogP contribution in [0.2, 0.25) is 0 Å². The van der Waals surface area contributed by atoms with Gasteiger partial charge >= 0.3 is 5.97 Å². The Balaban J connectivity index is 1.77. The third-order valence-corrected chi connectivity index (χ3v) is 5.65. The quantitative estimate of drug-likeness (QED) is 0.467. The van der Waals surface area contributed by atoms with Gasteiger partial charge < -0.3 is 9.47 Å². The summed E-state index contributed by atoms with van der Waals surface area (Å²) in [6.45, 7) is 4.95. The van der Waals surface area contributed by atoms with E-state index in [0.29, 0.717) is 27.1 Å². The third-order valence-electron chi connectivity index (χ3n) is 4.53. The first-order valence-electron chi connectivity index (χ1n) is 8.60. The lowest BCUT2D eigenvalue weighted by atomic mass is 10.1. The van der Waals surface area contributed by atoms with Gasteiger partial charge in [0.1, 0.15) is 23.7 Å². The number of hydrogen-bond donors (Lipinski definition) is 0. The van der Waals surface area contributed by atoms with Crippen molar-refractivity contribution in [3.8, 4) is 5.75 Å². The van der Waals surface area contributed by atoms with Gasteiger partial charge in [0.25, 0.3) is 5.56 Å². The van der Waals surface area contributed by atoms with Crippen LogP contribution in [-0.2, 0) is 22.7 Å². The van der Waals surface area contributed by atoms with Crippen molar-refractivity contribution in [1.82, 2.24) is 9.55 Å². The molecule has 0 saturated heterocycles. The first-order valence-corrected chi connectivity index (χ1v) is 9.42. The Morgan fingerprint density at radius 3 is 2.68 bits per heavy atom. The zero-order chi connectivity index (χ0) is 20.4. The van der Waals surface area contributed by atoms with Crippen molar-refractivity contribution in [3.63, 3.8) is 0 Å². The molecule has 7 nitrogen and oxygen atoms in total. The number of rotatable bonds is 6. The van der Waals surface area contributed by atoms with Gasteiger partial charge in [-0.2, -0.15) is 0 Å². The number of methoxy groups -OCH3 is 1. The van der Waals surface area contributed by atoms with Crippen molar-refractivity contribution < 1.29 is 19.1 Å². The van der Waals surface area contributed by atoms with Crippen LogP contribution in [0.25, 0.3) is 10.2 Å². The van der Waals surface area contributed by atoms with Crippen molar-refractivity contribution in [2.45, 2.75) is 33.9 Å². The van der Waals surface area contributed by atoms with E-state index in [9.17, 15) is 14.4 Å². The lowest BCUT2D eigenvalue weighted by molar-refractivity contribution is -0.145. The van der Waals surface area contributed by atoms with Crippen LogP contribution in [0, 0.1) is 13.8 Å². The summed E-state index contributed by atoms with van der Waals surface area (Å²) >= 11 is 1.45. The van der Waals surface area contributed by atoms with Gasteiger partial charge in [0, 0.05) is 16.0 Å². The van der Waals surface area contributed by atoms with Gasteiger partial charge in [-0.1, -0.05) is 0 Å². The largest absolute Gasteiger partial charge is 0.496 e. The minimum atomic E-state index is -0.580. The summed E-state index contributed by atoms with van der Waals surface area (Å²) in [6.07, 6.45) is 1.36. The Kier molecular flexibility index (Phi) is 5.60. The Bertz CT molecular complexity index is 1130. The number of carbonyl (C=O) groups is 2. The summed E-state index contributed by atoms with van der Waals surface area (Å²) in [5, 5.41) is 0.536. The molecule has 0 atom stereocenters. The summed E-state index contributed by atoms with van der Waals surface area (Å²) in [6, 6.07) is 4.94. The van der Waals surface area contributed by atoms with E-state index < -0.39 is 5.97 Å². The molecule has 3 rings (SSSR count). The SMILES string of the molecule is COc1ccc(C(C)=O)cc1COC(=O)Cn1cnc2sc(C)c(C)c2c1=O. The first-order chi connectivity index (χ1) is 13.3. The van der Waals surface area contributed by atoms with Crippen LogP contribution < -0.4 is 10.3 Å². The lowest BCUT2D eigenvalue weighted by Crippen LogP contribution is -2.25. The van der Waals surface area contributed by atoms with E-state index in [2.05, 4.69) is 4.98 Å². The number of fused-ring (bicyclic) bond motifs is 1. The van der Waals surface area contributed by atoms with Gasteiger partial charge in [0.2, 0.25) is 0 Å². The number of esters is 1. The van der Waals surface area contributed by atoms with Crippen LogP contribution >= 0.6 is 11.3 Å². The second-order valence-electron chi connectivity index (χ2n) is 6.38. The molecule has 0 fully saturated rings. The molecule has 0 spiro atoms. The van der Waals surface area contributed by atoms with Crippen molar-refractivity contribution in [2.24, 2.45) is 0 Å². The van der Waals surface area contributed by atoms with Gasteiger partial charge in [-0.05, 0) is 44.5 Å². The van der Waals surface area contributed by atoms with Gasteiger partial charge in [-0.15, -0.1) is 11.3 Å². The van der Waals surface area contributed by atoms with Crippen LogP contribution in [-0.4, -0.2) is 28.4 Å². The second kappa shape index (κ2) is 7.93. The molecule has 0 aliphatic heterocycles. The zero-order valence-corrected chi connectivity index (χ0v) is 16.9. The van der Waals surface area contributed by atoms with E-state index in [-0.39, 0.29) is 24.5 Å². The number of thiophene rings is 1. The highest BCUT2D eigenvalue weighted by molar-refractivity contribution is 7.18. The number of ketones is 1. The molecular weight excluding hydrogens is 380 g/mol. The molecule has 2 aromatic heterocycles. The molecule has 0 bridgehead atoms. The Morgan fingerprint density at radius 1 is 1.25 bits per heavy atom. The molecule has 0 aliphatic rings. The molecule has 0 radical (unpaired) electrons. The van der Waals surface area contributed by atoms with Crippen LogP contribution in [0.4, 0.5) is 0 Å². The topological polar surface area (TPSA) is 87.5 Å². The molecule has 2 heterocycles. The second-order valence-corrected chi connectivity index (χ2v) is 7.59. The predicted octanol–water partition coefficient (Wildman–Crippen LogP) is 3.03. The fourth-order valence-electron chi connectivity index (χ4n) is 2.84. The Morgan fingerprint density at radius 2 is 2.00 bits per heavy atom. The molecule has 3 aromatic rings. The van der Waals surface area contributed by atoms with Crippen molar-refractivity contribution >= 4 is 33.3 Å². The van der Waals surface area contributed by atoms with Gasteiger partial charge in [0.15, 0.2) is 5.78 Å². The molecular formula is C20H20N2O5S. The van der Waals surface area contributed by atoms with Crippen LogP contribution in [0.15, 0.2) is 29.3 Å². The van der Waals surface area contributed by atoms with Gasteiger partial charge in [-0.3, -0.25) is 19.0 Å². The fraction of sp³-hybridized carbons (Fsp3) is 0.300. The average Bonchev–Trinajstić information content (AvgIpc) is 2.96. The van der Waals surface area contributed by atoms with Crippen molar-refractivity contribution in [3.05, 3.63) is 56.4 Å². The van der Waals surface area contributed by atoms with E-state index in [1.54, 1.807) is 18.2 Å². The van der Waals surface area contributed by atoms with E-state index in [1.165, 1.54) is 36.3 Å². The summed E-state index contributed by atoms with van der Waals surface area (Å²) in [5.74, 6) is -0.159. The molecule has 0 N–H and O–H groups in total. The number of benzene rings is 1. The summed E-state index contributed by atoms with van der Waals surface area (Å²) in [7, 11) is 1.50. The van der Waals surface area contributed by atoms with Crippen LogP contribution in [0.3, 0.4) is 0 Å². The average molecular weight is 400 g/mol. The predicted molar refractivity (Wildman–Crippen MR) is 106 cm³/mol. The van der Waals surface area contributed by atoms with Gasteiger partial charge in [0.05, 0.1) is 18.8 Å². The van der Waals surface area contributed by atoms with E-state index in [0.717, 1.165) is 10.4 Å². The van der Waals surface area contributed by atoms with Crippen LogP contribution in [0.5, 0.6) is 5.75 Å². The fourth-order valence-corrected chi connectivity index (χ4v) is 3.82. The van der Waals surface area contributed by atoms with Crippen molar-refractivity contribution in [2.75, 3.05) is 7.11 Å². The zero-order valence-electron chi connectivity index (χ0n) is 16.1. The number of hydrogen-bond acceptors (Lipinski definition) is 7. The molecule has 0 unspecified atom stereocenters. The number of Topliss-reactive ketones (excluding diaryl/α,β-unsaturated/α-hetero) is 1. The molecule has 0 aliphatic carbocycles. The molecule has 8 heteroatoms. The Labute approximate surface area is 165 Å². The molecule has 1 aromatic carbocycles. The number of aryl methyl sites for hydroxylation is 2. The molecule has 146 valence electrons. The van der Waals surface area contributed by atoms with Crippen LogP contribution in [0.1, 0.15) is 33.3 Å². The van der Waals surface area contributed by atoms with E-state index >= 15 is 0 Å². The van der Waals surface area contributed by atoms with E-state index in [1.807, 2.05) is 13.8 Å². The first kappa shape index (κ1) is 19.8. The standard InChI is InChI=1S/C20H20N2O5S/c1-11-13(3)28-19-18(11)20(25)22(10-21-19)8-17(24)27-9-15-7-14(12(2)23)5-6-16(15)26-4/h5-7,10H,8-9H2,1-4H3.